The van der Waals surface area contributed by atoms with Crippen molar-refractivity contribution < 1.29 is 28.5 Å². The number of methoxy groups -OCH3 is 3. The third-order valence-electron chi connectivity index (χ3n) is 3.31. The molecule has 0 bridgehead atoms. The summed E-state index contributed by atoms with van der Waals surface area (Å²) in [7, 11) is 4.36. The van der Waals surface area contributed by atoms with E-state index in [9.17, 15) is 9.59 Å². The van der Waals surface area contributed by atoms with Crippen LogP contribution < -0.4 is 14.2 Å². The number of carbonyl (C=O) groups is 2. The summed E-state index contributed by atoms with van der Waals surface area (Å²) < 4.78 is 20.6. The fourth-order valence-electron chi connectivity index (χ4n) is 2.03. The maximum atomic E-state index is 12.3. The van der Waals surface area contributed by atoms with Crippen molar-refractivity contribution >= 4 is 11.8 Å². The topological polar surface area (TPSA) is 96.8 Å². The van der Waals surface area contributed by atoms with E-state index in [0.717, 1.165) is 0 Å². The summed E-state index contributed by atoms with van der Waals surface area (Å²) in [6, 6.07) is 2.98. The van der Waals surface area contributed by atoms with E-state index in [1.165, 1.54) is 45.9 Å². The van der Waals surface area contributed by atoms with Gasteiger partial charge in [-0.15, -0.1) is 0 Å². The first-order valence-corrected chi connectivity index (χ1v) is 7.29. The summed E-state index contributed by atoms with van der Waals surface area (Å²) >= 11 is 0. The first kappa shape index (κ1) is 18.2. The van der Waals surface area contributed by atoms with Gasteiger partial charge in [0, 0.05) is 11.8 Å². The smallest absolute Gasteiger partial charge is 0.358 e. The molecule has 0 spiro atoms. The predicted octanol–water partition coefficient (Wildman–Crippen LogP) is 1.85. The monoisotopic (exact) mass is 346 g/mol. The minimum absolute atomic E-state index is 0.0308. The lowest BCUT2D eigenvalue weighted by Gasteiger charge is -2.13. The Kier molecular flexibility index (Phi) is 5.89. The second kappa shape index (κ2) is 8.09. The summed E-state index contributed by atoms with van der Waals surface area (Å²) in [5.41, 5.74) is 0.964. The quantitative estimate of drug-likeness (QED) is 0.553. The van der Waals surface area contributed by atoms with Crippen LogP contribution in [-0.4, -0.2) is 49.7 Å². The number of hydrogen-bond acceptors (Lipinski definition) is 8. The Morgan fingerprint density at radius 2 is 1.60 bits per heavy atom. The normalized spacial score (nSPS) is 10.1. The predicted molar refractivity (Wildman–Crippen MR) is 87.5 cm³/mol. The zero-order valence-electron chi connectivity index (χ0n) is 14.4. The molecule has 0 aliphatic rings. The van der Waals surface area contributed by atoms with E-state index in [1.54, 1.807) is 6.92 Å². The van der Waals surface area contributed by atoms with E-state index in [4.69, 9.17) is 18.9 Å². The van der Waals surface area contributed by atoms with Gasteiger partial charge in [0.05, 0.1) is 33.2 Å². The van der Waals surface area contributed by atoms with Crippen LogP contribution in [0.25, 0.3) is 0 Å². The number of benzene rings is 1. The van der Waals surface area contributed by atoms with Crippen molar-refractivity contribution in [3.63, 3.8) is 0 Å². The molecule has 1 aromatic carbocycles. The Morgan fingerprint density at radius 1 is 0.960 bits per heavy atom. The summed E-state index contributed by atoms with van der Waals surface area (Å²) in [5.74, 6) is -0.115. The van der Waals surface area contributed by atoms with Crippen LogP contribution in [0.4, 0.5) is 0 Å². The van der Waals surface area contributed by atoms with Gasteiger partial charge < -0.3 is 18.9 Å². The molecule has 1 heterocycles. The molecule has 8 nitrogen and oxygen atoms in total. The van der Waals surface area contributed by atoms with Crippen LogP contribution in [-0.2, 0) is 4.74 Å². The largest absolute Gasteiger partial charge is 0.493 e. The maximum absolute atomic E-state index is 12.3. The van der Waals surface area contributed by atoms with Crippen molar-refractivity contribution in [3.05, 3.63) is 41.5 Å². The molecule has 0 saturated carbocycles. The van der Waals surface area contributed by atoms with Crippen LogP contribution in [0.5, 0.6) is 17.2 Å². The van der Waals surface area contributed by atoms with Gasteiger partial charge in [-0.25, -0.2) is 9.78 Å². The molecule has 0 unspecified atom stereocenters. The number of nitrogens with zero attached hydrogens (tertiary/aromatic N) is 2. The molecular weight excluding hydrogens is 328 g/mol. The van der Waals surface area contributed by atoms with Gasteiger partial charge >= 0.3 is 5.97 Å². The molecule has 0 N–H and O–H groups in total. The zero-order valence-corrected chi connectivity index (χ0v) is 14.4. The molecule has 0 amide bonds. The number of esters is 1. The Hall–Kier alpha value is -3.16. The number of hydrogen-bond donors (Lipinski definition) is 0. The minimum Gasteiger partial charge on any atom is -0.493 e. The van der Waals surface area contributed by atoms with Gasteiger partial charge in [-0.3, -0.25) is 9.78 Å². The van der Waals surface area contributed by atoms with Crippen molar-refractivity contribution in [1.29, 1.82) is 0 Å². The van der Waals surface area contributed by atoms with Gasteiger partial charge in [0.25, 0.3) is 0 Å². The molecule has 132 valence electrons. The standard InChI is InChI=1S/C17H18N2O6/c1-10-7-19-12(8-18-10)17(21)25-9-13(20)11-5-14(22-2)16(24-4)15(6-11)23-3/h5-8H,9H2,1-4H3. The van der Waals surface area contributed by atoms with E-state index in [-0.39, 0.29) is 11.3 Å². The molecule has 0 aliphatic heterocycles. The van der Waals surface area contributed by atoms with Crippen molar-refractivity contribution in [2.24, 2.45) is 0 Å². The van der Waals surface area contributed by atoms with Crippen molar-refractivity contribution in [3.8, 4) is 17.2 Å². The fourth-order valence-corrected chi connectivity index (χ4v) is 2.03. The Labute approximate surface area is 144 Å². The highest BCUT2D eigenvalue weighted by atomic mass is 16.5. The summed E-state index contributed by atoms with van der Waals surface area (Å²) in [6.45, 7) is 1.29. The second-order valence-electron chi connectivity index (χ2n) is 4.96. The Morgan fingerprint density at radius 3 is 2.08 bits per heavy atom. The molecule has 2 rings (SSSR count). The van der Waals surface area contributed by atoms with Crippen LogP contribution >= 0.6 is 0 Å². The van der Waals surface area contributed by atoms with Crippen LogP contribution in [0.1, 0.15) is 26.5 Å². The zero-order chi connectivity index (χ0) is 18.4. The molecule has 0 saturated heterocycles. The molecule has 0 atom stereocenters. The van der Waals surface area contributed by atoms with Crippen molar-refractivity contribution in [2.75, 3.05) is 27.9 Å². The van der Waals surface area contributed by atoms with E-state index in [2.05, 4.69) is 9.97 Å². The molecule has 0 aliphatic carbocycles. The van der Waals surface area contributed by atoms with Crippen LogP contribution in [0, 0.1) is 6.92 Å². The molecule has 1 aromatic heterocycles. The number of aromatic nitrogens is 2. The van der Waals surface area contributed by atoms with Gasteiger partial charge in [-0.1, -0.05) is 0 Å². The van der Waals surface area contributed by atoms with E-state index in [1.807, 2.05) is 0 Å². The van der Waals surface area contributed by atoms with Crippen LogP contribution in [0.3, 0.4) is 0 Å². The lowest BCUT2D eigenvalue weighted by atomic mass is 10.1. The Balaban J connectivity index is 2.12. The summed E-state index contributed by atoms with van der Waals surface area (Å²) in [6.07, 6.45) is 2.74. The molecule has 8 heteroatoms. The second-order valence-corrected chi connectivity index (χ2v) is 4.96. The number of ether oxygens (including phenoxy) is 4. The minimum atomic E-state index is -0.728. The third kappa shape index (κ3) is 4.23. The highest BCUT2D eigenvalue weighted by Gasteiger charge is 2.18. The number of rotatable bonds is 7. The lowest BCUT2D eigenvalue weighted by molar-refractivity contribution is 0.0468. The maximum Gasteiger partial charge on any atom is 0.358 e. The molecular formula is C17H18N2O6. The first-order valence-electron chi connectivity index (χ1n) is 7.29. The van der Waals surface area contributed by atoms with Gasteiger partial charge in [0.1, 0.15) is 0 Å². The molecule has 25 heavy (non-hydrogen) atoms. The van der Waals surface area contributed by atoms with E-state index >= 15 is 0 Å². The highest BCUT2D eigenvalue weighted by molar-refractivity contribution is 6.00. The molecule has 0 fully saturated rings. The SMILES string of the molecule is COc1cc(C(=O)COC(=O)c2cnc(C)cn2)cc(OC)c1OC. The molecule has 2 aromatic rings. The van der Waals surface area contributed by atoms with Crippen molar-refractivity contribution in [2.45, 2.75) is 6.92 Å². The lowest BCUT2D eigenvalue weighted by Crippen LogP contribution is -2.16. The van der Waals surface area contributed by atoms with Gasteiger partial charge in [0.15, 0.2) is 23.8 Å². The van der Waals surface area contributed by atoms with Gasteiger partial charge in [0.2, 0.25) is 11.5 Å². The van der Waals surface area contributed by atoms with Crippen molar-refractivity contribution in [1.82, 2.24) is 9.97 Å². The summed E-state index contributed by atoms with van der Waals surface area (Å²) in [5, 5.41) is 0. The fraction of sp³-hybridized carbons (Fsp3) is 0.294. The van der Waals surface area contributed by atoms with Crippen LogP contribution in [0.15, 0.2) is 24.5 Å². The van der Waals surface area contributed by atoms with Gasteiger partial charge in [-0.05, 0) is 19.1 Å². The van der Waals surface area contributed by atoms with E-state index in [0.29, 0.717) is 22.9 Å². The number of ketones is 1. The van der Waals surface area contributed by atoms with E-state index < -0.39 is 18.4 Å². The number of Topliss-reactive ketones (excluding diaryl/α,β-unsaturated/α-hetero) is 1. The van der Waals surface area contributed by atoms with Crippen LogP contribution in [0.2, 0.25) is 0 Å². The van der Waals surface area contributed by atoms with Gasteiger partial charge in [-0.2, -0.15) is 0 Å². The first-order chi connectivity index (χ1) is 12.0. The average Bonchev–Trinajstić information content (AvgIpc) is 2.64. The molecule has 0 radical (unpaired) electrons. The average molecular weight is 346 g/mol. The number of carbonyl (C=O) groups excluding carboxylic acids is 2. The third-order valence-corrected chi connectivity index (χ3v) is 3.31. The highest BCUT2D eigenvalue weighted by Crippen LogP contribution is 2.38. The number of aryl methyl sites for hydroxylation is 1. The summed E-state index contributed by atoms with van der Waals surface area (Å²) in [4.78, 5) is 32.1. The Bertz CT molecular complexity index is 748.